The molecule has 0 aliphatic rings. The number of aryl methyl sites for hydroxylation is 1. The van der Waals surface area contributed by atoms with E-state index in [1.54, 1.807) is 6.07 Å². The SMILES string of the molecule is CCCn1cc(CNCCc2ccccc2F)c2ccccc21. The Balaban J connectivity index is 1.64. The number of nitrogens with zero attached hydrogens (tertiary/aromatic N) is 1. The Hall–Kier alpha value is -2.13. The van der Waals surface area contributed by atoms with Crippen LogP contribution in [0.2, 0.25) is 0 Å². The summed E-state index contributed by atoms with van der Waals surface area (Å²) in [7, 11) is 0. The van der Waals surface area contributed by atoms with Crippen LogP contribution in [0.3, 0.4) is 0 Å². The van der Waals surface area contributed by atoms with Gasteiger partial charge >= 0.3 is 0 Å². The first-order valence-corrected chi connectivity index (χ1v) is 8.30. The standard InChI is InChI=1S/C20H23FN2/c1-2-13-23-15-17(18-8-4-6-10-20(18)23)14-22-12-11-16-7-3-5-9-19(16)21/h3-10,15,22H,2,11-14H2,1H3. The van der Waals surface area contributed by atoms with Crippen molar-refractivity contribution >= 4 is 10.9 Å². The number of benzene rings is 2. The molecule has 3 aromatic rings. The van der Waals surface area contributed by atoms with Crippen LogP contribution >= 0.6 is 0 Å². The second-order valence-corrected chi connectivity index (χ2v) is 5.88. The van der Waals surface area contributed by atoms with E-state index >= 15 is 0 Å². The van der Waals surface area contributed by atoms with E-state index in [0.29, 0.717) is 6.42 Å². The summed E-state index contributed by atoms with van der Waals surface area (Å²) in [5.74, 6) is -0.117. The van der Waals surface area contributed by atoms with E-state index < -0.39 is 0 Å². The number of halogens is 1. The van der Waals surface area contributed by atoms with Crippen molar-refractivity contribution in [3.05, 3.63) is 71.7 Å². The molecule has 2 nitrogen and oxygen atoms in total. The third-order valence-corrected chi connectivity index (χ3v) is 4.18. The van der Waals surface area contributed by atoms with Crippen molar-refractivity contribution in [3.63, 3.8) is 0 Å². The summed E-state index contributed by atoms with van der Waals surface area (Å²) in [5, 5.41) is 4.75. The Morgan fingerprint density at radius 1 is 1.00 bits per heavy atom. The van der Waals surface area contributed by atoms with E-state index in [9.17, 15) is 4.39 Å². The van der Waals surface area contributed by atoms with Gasteiger partial charge in [-0.1, -0.05) is 43.3 Å². The molecule has 3 heteroatoms. The van der Waals surface area contributed by atoms with Crippen molar-refractivity contribution < 1.29 is 4.39 Å². The molecular weight excluding hydrogens is 287 g/mol. The van der Waals surface area contributed by atoms with Crippen molar-refractivity contribution in [3.8, 4) is 0 Å². The third-order valence-electron chi connectivity index (χ3n) is 4.18. The maximum Gasteiger partial charge on any atom is 0.126 e. The molecule has 0 spiro atoms. The molecule has 0 radical (unpaired) electrons. The monoisotopic (exact) mass is 310 g/mol. The largest absolute Gasteiger partial charge is 0.347 e. The van der Waals surface area contributed by atoms with Crippen LogP contribution in [0.25, 0.3) is 10.9 Å². The van der Waals surface area contributed by atoms with Gasteiger partial charge in [-0.25, -0.2) is 4.39 Å². The maximum atomic E-state index is 13.6. The van der Waals surface area contributed by atoms with Gasteiger partial charge in [0.25, 0.3) is 0 Å². The lowest BCUT2D eigenvalue weighted by atomic mass is 10.1. The second kappa shape index (κ2) is 7.42. The molecule has 0 aliphatic heterocycles. The quantitative estimate of drug-likeness (QED) is 0.635. The molecule has 0 saturated heterocycles. The molecule has 0 bridgehead atoms. The molecule has 2 aromatic carbocycles. The number of fused-ring (bicyclic) bond motifs is 1. The van der Waals surface area contributed by atoms with Crippen LogP contribution in [-0.4, -0.2) is 11.1 Å². The molecule has 1 heterocycles. The highest BCUT2D eigenvalue weighted by molar-refractivity contribution is 5.83. The van der Waals surface area contributed by atoms with E-state index in [2.05, 4.69) is 47.3 Å². The zero-order chi connectivity index (χ0) is 16.1. The summed E-state index contributed by atoms with van der Waals surface area (Å²) in [6.45, 7) is 4.82. The minimum absolute atomic E-state index is 0.117. The van der Waals surface area contributed by atoms with E-state index in [-0.39, 0.29) is 5.82 Å². The molecule has 0 unspecified atom stereocenters. The van der Waals surface area contributed by atoms with Crippen LogP contribution in [-0.2, 0) is 19.5 Å². The Bertz CT molecular complexity index is 776. The molecule has 0 saturated carbocycles. The van der Waals surface area contributed by atoms with Gasteiger partial charge in [0, 0.05) is 30.2 Å². The topological polar surface area (TPSA) is 17.0 Å². The van der Waals surface area contributed by atoms with Gasteiger partial charge in [-0.2, -0.15) is 0 Å². The van der Waals surface area contributed by atoms with Crippen LogP contribution in [0, 0.1) is 5.82 Å². The Kier molecular flexibility index (Phi) is 5.09. The molecule has 0 fully saturated rings. The van der Waals surface area contributed by atoms with Gasteiger partial charge in [0.1, 0.15) is 5.82 Å². The van der Waals surface area contributed by atoms with Gasteiger partial charge in [-0.05, 0) is 42.6 Å². The highest BCUT2D eigenvalue weighted by atomic mass is 19.1. The first kappa shape index (κ1) is 15.8. The van der Waals surface area contributed by atoms with E-state index in [1.165, 1.54) is 22.5 Å². The number of para-hydroxylation sites is 1. The zero-order valence-electron chi connectivity index (χ0n) is 13.6. The van der Waals surface area contributed by atoms with E-state index in [1.807, 2.05) is 12.1 Å². The lowest BCUT2D eigenvalue weighted by Crippen LogP contribution is -2.17. The molecule has 0 aliphatic carbocycles. The summed E-state index contributed by atoms with van der Waals surface area (Å²) in [6, 6.07) is 15.5. The van der Waals surface area contributed by atoms with Gasteiger partial charge in [-0.15, -0.1) is 0 Å². The smallest absolute Gasteiger partial charge is 0.126 e. The Morgan fingerprint density at radius 3 is 2.61 bits per heavy atom. The fraction of sp³-hybridized carbons (Fsp3) is 0.300. The lowest BCUT2D eigenvalue weighted by molar-refractivity contribution is 0.598. The van der Waals surface area contributed by atoms with Crippen LogP contribution in [0.1, 0.15) is 24.5 Å². The number of rotatable bonds is 7. The number of hydrogen-bond donors (Lipinski definition) is 1. The van der Waals surface area contributed by atoms with Gasteiger partial charge < -0.3 is 9.88 Å². The Labute approximate surface area is 136 Å². The van der Waals surface area contributed by atoms with Gasteiger partial charge in [-0.3, -0.25) is 0 Å². The lowest BCUT2D eigenvalue weighted by Gasteiger charge is -2.05. The fourth-order valence-electron chi connectivity index (χ4n) is 3.04. The zero-order valence-corrected chi connectivity index (χ0v) is 13.6. The van der Waals surface area contributed by atoms with E-state index in [0.717, 1.165) is 31.6 Å². The van der Waals surface area contributed by atoms with Crippen LogP contribution < -0.4 is 5.32 Å². The van der Waals surface area contributed by atoms with Gasteiger partial charge in [0.2, 0.25) is 0 Å². The molecule has 0 amide bonds. The minimum atomic E-state index is -0.117. The molecule has 3 rings (SSSR count). The molecule has 1 N–H and O–H groups in total. The minimum Gasteiger partial charge on any atom is -0.347 e. The highest BCUT2D eigenvalue weighted by Crippen LogP contribution is 2.21. The number of hydrogen-bond acceptors (Lipinski definition) is 1. The van der Waals surface area contributed by atoms with Crippen molar-refractivity contribution in [2.75, 3.05) is 6.54 Å². The number of aromatic nitrogens is 1. The average molecular weight is 310 g/mol. The van der Waals surface area contributed by atoms with Crippen molar-refractivity contribution in [1.82, 2.24) is 9.88 Å². The van der Waals surface area contributed by atoms with Crippen molar-refractivity contribution in [2.45, 2.75) is 32.9 Å². The highest BCUT2D eigenvalue weighted by Gasteiger charge is 2.07. The molecular formula is C20H23FN2. The first-order valence-electron chi connectivity index (χ1n) is 8.30. The summed E-state index contributed by atoms with van der Waals surface area (Å²) in [4.78, 5) is 0. The molecule has 0 atom stereocenters. The van der Waals surface area contributed by atoms with Gasteiger partial charge in [0.15, 0.2) is 0 Å². The Morgan fingerprint density at radius 2 is 1.78 bits per heavy atom. The van der Waals surface area contributed by atoms with E-state index in [4.69, 9.17) is 0 Å². The summed E-state index contributed by atoms with van der Waals surface area (Å²) < 4.78 is 15.9. The molecule has 1 aromatic heterocycles. The summed E-state index contributed by atoms with van der Waals surface area (Å²) >= 11 is 0. The van der Waals surface area contributed by atoms with Crippen LogP contribution in [0.15, 0.2) is 54.7 Å². The van der Waals surface area contributed by atoms with Crippen molar-refractivity contribution in [2.24, 2.45) is 0 Å². The average Bonchev–Trinajstić information content (AvgIpc) is 2.92. The number of nitrogens with one attached hydrogen (secondary N) is 1. The predicted octanol–water partition coefficient (Wildman–Crippen LogP) is 4.52. The normalized spacial score (nSPS) is 11.2. The maximum absolute atomic E-state index is 13.6. The second-order valence-electron chi connectivity index (χ2n) is 5.88. The predicted molar refractivity (Wildman–Crippen MR) is 94.0 cm³/mol. The summed E-state index contributed by atoms with van der Waals surface area (Å²) in [6.07, 6.45) is 4.07. The summed E-state index contributed by atoms with van der Waals surface area (Å²) in [5.41, 5.74) is 3.37. The van der Waals surface area contributed by atoms with Gasteiger partial charge in [0.05, 0.1) is 0 Å². The third kappa shape index (κ3) is 3.62. The van der Waals surface area contributed by atoms with Crippen molar-refractivity contribution in [1.29, 1.82) is 0 Å². The first-order chi connectivity index (χ1) is 11.3. The fourth-order valence-corrected chi connectivity index (χ4v) is 3.04. The molecule has 120 valence electrons. The van der Waals surface area contributed by atoms with Crippen LogP contribution in [0.5, 0.6) is 0 Å². The molecule has 23 heavy (non-hydrogen) atoms. The van der Waals surface area contributed by atoms with Crippen LogP contribution in [0.4, 0.5) is 4.39 Å².